The Hall–Kier alpha value is -0.650. The van der Waals surface area contributed by atoms with Gasteiger partial charge in [-0.05, 0) is 47.0 Å². The Morgan fingerprint density at radius 1 is 1.14 bits per heavy atom. The Balaban J connectivity index is 1.78. The van der Waals surface area contributed by atoms with E-state index in [1.165, 1.54) is 12.8 Å². The van der Waals surface area contributed by atoms with Crippen molar-refractivity contribution in [3.8, 4) is 0 Å². The summed E-state index contributed by atoms with van der Waals surface area (Å²) in [6, 6.07) is 0.500. The highest BCUT2D eigenvalue weighted by Gasteiger charge is 2.37. The molecule has 1 heterocycles. The monoisotopic (exact) mass is 296 g/mol. The Morgan fingerprint density at radius 3 is 2.14 bits per heavy atom. The van der Waals surface area contributed by atoms with Gasteiger partial charge in [-0.1, -0.05) is 0 Å². The summed E-state index contributed by atoms with van der Waals surface area (Å²) in [7, 11) is 0. The van der Waals surface area contributed by atoms with Gasteiger partial charge >= 0.3 is 0 Å². The third kappa shape index (κ3) is 4.66. The van der Waals surface area contributed by atoms with E-state index in [1.54, 1.807) is 0 Å². The largest absolute Gasteiger partial charge is 0.368 e. The summed E-state index contributed by atoms with van der Waals surface area (Å²) in [5.41, 5.74) is 5.31. The van der Waals surface area contributed by atoms with Crippen molar-refractivity contribution in [3.63, 3.8) is 0 Å². The van der Waals surface area contributed by atoms with Crippen LogP contribution in [0.5, 0.6) is 0 Å². The van der Waals surface area contributed by atoms with E-state index < -0.39 is 5.54 Å². The van der Waals surface area contributed by atoms with Crippen LogP contribution in [0.4, 0.5) is 0 Å². The number of amides is 1. The Morgan fingerprint density at radius 2 is 1.71 bits per heavy atom. The minimum atomic E-state index is -0.553. The van der Waals surface area contributed by atoms with Crippen LogP contribution in [0.15, 0.2) is 0 Å². The molecule has 0 aromatic rings. The van der Waals surface area contributed by atoms with Crippen molar-refractivity contribution in [2.45, 2.75) is 64.1 Å². The lowest BCUT2D eigenvalue weighted by molar-refractivity contribution is -0.124. The summed E-state index contributed by atoms with van der Waals surface area (Å²) in [4.78, 5) is 16.8. The molecule has 0 bridgehead atoms. The lowest BCUT2D eigenvalue weighted by Gasteiger charge is -2.43. The van der Waals surface area contributed by atoms with Gasteiger partial charge in [-0.2, -0.15) is 0 Å². The van der Waals surface area contributed by atoms with E-state index in [-0.39, 0.29) is 11.4 Å². The fourth-order valence-electron chi connectivity index (χ4n) is 2.97. The summed E-state index contributed by atoms with van der Waals surface area (Å²) < 4.78 is 0. The molecule has 2 fully saturated rings. The van der Waals surface area contributed by atoms with Gasteiger partial charge in [0.05, 0.1) is 5.54 Å². The second-order valence-corrected chi connectivity index (χ2v) is 7.86. The molecule has 1 saturated heterocycles. The topological polar surface area (TPSA) is 61.6 Å². The van der Waals surface area contributed by atoms with Crippen molar-refractivity contribution in [2.75, 3.05) is 32.7 Å². The van der Waals surface area contributed by atoms with Gasteiger partial charge in [-0.3, -0.25) is 9.69 Å². The number of nitrogens with one attached hydrogen (secondary N) is 1. The number of rotatable bonds is 6. The van der Waals surface area contributed by atoms with Gasteiger partial charge in [-0.25, -0.2) is 0 Å². The van der Waals surface area contributed by atoms with Gasteiger partial charge in [0.25, 0.3) is 0 Å². The highest BCUT2D eigenvalue weighted by molar-refractivity contribution is 5.84. The summed E-state index contributed by atoms with van der Waals surface area (Å²) in [5.74, 6) is -0.220. The van der Waals surface area contributed by atoms with Gasteiger partial charge in [0.15, 0.2) is 0 Å². The molecule has 0 aromatic heterocycles. The lowest BCUT2D eigenvalue weighted by Crippen LogP contribution is -2.57. The van der Waals surface area contributed by atoms with Crippen molar-refractivity contribution in [3.05, 3.63) is 0 Å². The Bertz CT molecular complexity index is 367. The smallest absolute Gasteiger partial charge is 0.237 e. The molecule has 1 saturated carbocycles. The first-order valence-corrected chi connectivity index (χ1v) is 8.26. The molecule has 0 spiro atoms. The van der Waals surface area contributed by atoms with Crippen LogP contribution in [0.2, 0.25) is 0 Å². The summed E-state index contributed by atoms with van der Waals surface area (Å²) in [6.45, 7) is 14.1. The first kappa shape index (κ1) is 16.7. The zero-order valence-electron chi connectivity index (χ0n) is 14.1. The molecule has 5 heteroatoms. The summed E-state index contributed by atoms with van der Waals surface area (Å²) >= 11 is 0. The van der Waals surface area contributed by atoms with Crippen LogP contribution in [0.1, 0.15) is 47.0 Å². The Kier molecular flexibility index (Phi) is 4.96. The van der Waals surface area contributed by atoms with E-state index in [1.807, 2.05) is 6.92 Å². The zero-order chi connectivity index (χ0) is 15.7. The van der Waals surface area contributed by atoms with E-state index in [2.05, 4.69) is 35.9 Å². The summed E-state index contributed by atoms with van der Waals surface area (Å²) in [5, 5.41) is 3.43. The fourth-order valence-corrected chi connectivity index (χ4v) is 2.97. The molecule has 2 rings (SSSR count). The maximum atomic E-state index is 11.8. The standard InChI is InChI=1S/C16H32N4O/c1-15(2,3)20-11-9-19(10-12-20)8-7-16(4,14(17)21)18-13-5-6-13/h13,18H,5-12H2,1-4H3,(H2,17,21). The SMILES string of the molecule is CC(CCN1CCN(C(C)(C)C)CC1)(NC1CC1)C(N)=O. The molecule has 1 atom stereocenters. The quantitative estimate of drug-likeness (QED) is 0.761. The first-order valence-electron chi connectivity index (χ1n) is 8.26. The molecule has 1 amide bonds. The zero-order valence-corrected chi connectivity index (χ0v) is 14.1. The van der Waals surface area contributed by atoms with Gasteiger partial charge < -0.3 is 16.0 Å². The second-order valence-electron chi connectivity index (χ2n) is 7.86. The molecule has 2 aliphatic rings. The van der Waals surface area contributed by atoms with Crippen LogP contribution in [0, 0.1) is 0 Å². The van der Waals surface area contributed by atoms with Gasteiger partial charge in [0.1, 0.15) is 0 Å². The maximum absolute atomic E-state index is 11.8. The number of hydrogen-bond acceptors (Lipinski definition) is 4. The van der Waals surface area contributed by atoms with Crippen LogP contribution in [-0.4, -0.2) is 65.6 Å². The minimum Gasteiger partial charge on any atom is -0.368 e. The molecule has 1 aliphatic carbocycles. The van der Waals surface area contributed by atoms with Crippen LogP contribution in [0.3, 0.4) is 0 Å². The molecule has 3 N–H and O–H groups in total. The molecule has 0 radical (unpaired) electrons. The van der Waals surface area contributed by atoms with Crippen molar-refractivity contribution in [1.29, 1.82) is 0 Å². The molecular weight excluding hydrogens is 264 g/mol. The second kappa shape index (κ2) is 6.23. The van der Waals surface area contributed by atoms with Crippen LogP contribution < -0.4 is 11.1 Å². The Labute approximate surface area is 129 Å². The fraction of sp³-hybridized carbons (Fsp3) is 0.938. The van der Waals surface area contributed by atoms with Crippen molar-refractivity contribution < 1.29 is 4.79 Å². The number of primary amides is 1. The number of carbonyl (C=O) groups excluding carboxylic acids is 1. The number of nitrogens with zero attached hydrogens (tertiary/aromatic N) is 2. The number of carbonyl (C=O) groups is 1. The molecule has 5 nitrogen and oxygen atoms in total. The molecular formula is C16H32N4O. The minimum absolute atomic E-state index is 0.220. The van der Waals surface area contributed by atoms with E-state index in [0.717, 1.165) is 39.1 Å². The molecule has 1 unspecified atom stereocenters. The van der Waals surface area contributed by atoms with Gasteiger partial charge in [0.2, 0.25) is 5.91 Å². The van der Waals surface area contributed by atoms with Crippen molar-refractivity contribution in [2.24, 2.45) is 5.73 Å². The van der Waals surface area contributed by atoms with E-state index in [9.17, 15) is 4.79 Å². The maximum Gasteiger partial charge on any atom is 0.237 e. The normalized spacial score (nSPS) is 24.8. The molecule has 1 aliphatic heterocycles. The molecule has 21 heavy (non-hydrogen) atoms. The average Bonchev–Trinajstić information content (AvgIpc) is 3.19. The molecule has 0 aromatic carbocycles. The third-order valence-electron chi connectivity index (χ3n) is 4.89. The van der Waals surface area contributed by atoms with E-state index >= 15 is 0 Å². The van der Waals surface area contributed by atoms with E-state index in [0.29, 0.717) is 6.04 Å². The summed E-state index contributed by atoms with van der Waals surface area (Å²) in [6.07, 6.45) is 3.15. The van der Waals surface area contributed by atoms with Gasteiger partial charge in [0, 0.05) is 44.3 Å². The highest BCUT2D eigenvalue weighted by Crippen LogP contribution is 2.24. The van der Waals surface area contributed by atoms with Gasteiger partial charge in [-0.15, -0.1) is 0 Å². The van der Waals surface area contributed by atoms with Crippen molar-refractivity contribution >= 4 is 5.91 Å². The third-order valence-corrected chi connectivity index (χ3v) is 4.89. The number of nitrogens with two attached hydrogens (primary N) is 1. The number of piperazine rings is 1. The lowest BCUT2D eigenvalue weighted by atomic mass is 9.96. The molecule has 122 valence electrons. The predicted octanol–water partition coefficient (Wildman–Crippen LogP) is 0.789. The predicted molar refractivity (Wildman–Crippen MR) is 86.1 cm³/mol. The van der Waals surface area contributed by atoms with Crippen LogP contribution in [0.25, 0.3) is 0 Å². The first-order chi connectivity index (χ1) is 9.71. The number of hydrogen-bond donors (Lipinski definition) is 2. The van der Waals surface area contributed by atoms with Crippen LogP contribution >= 0.6 is 0 Å². The van der Waals surface area contributed by atoms with Crippen LogP contribution in [-0.2, 0) is 4.79 Å². The van der Waals surface area contributed by atoms with Crippen molar-refractivity contribution in [1.82, 2.24) is 15.1 Å². The highest BCUT2D eigenvalue weighted by atomic mass is 16.1. The average molecular weight is 296 g/mol. The van der Waals surface area contributed by atoms with E-state index in [4.69, 9.17) is 5.73 Å².